The van der Waals surface area contributed by atoms with Gasteiger partial charge in [0.2, 0.25) is 11.8 Å². The van der Waals surface area contributed by atoms with Crippen molar-refractivity contribution < 1.29 is 23.2 Å². The minimum Gasteiger partial charge on any atom is -0.388 e. The number of hydrogen-bond acceptors (Lipinski definition) is 11. The number of hydrogen-bond donors (Lipinski definition) is 3. The summed E-state index contributed by atoms with van der Waals surface area (Å²) < 4.78 is 35.1. The van der Waals surface area contributed by atoms with Crippen molar-refractivity contribution >= 4 is 51.5 Å². The summed E-state index contributed by atoms with van der Waals surface area (Å²) in [5.41, 5.74) is 6.26. The van der Waals surface area contributed by atoms with Crippen LogP contribution >= 0.6 is 0 Å². The summed E-state index contributed by atoms with van der Waals surface area (Å²) in [6.45, 7) is 11.6. The highest BCUT2D eigenvalue weighted by molar-refractivity contribution is 6.01. The highest BCUT2D eigenvalue weighted by atomic mass is 19.1. The summed E-state index contributed by atoms with van der Waals surface area (Å²) in [4.78, 5) is 68.1. The molecule has 67 heavy (non-hydrogen) atoms. The zero-order chi connectivity index (χ0) is 47.1. The average Bonchev–Trinajstić information content (AvgIpc) is 3.66. The van der Waals surface area contributed by atoms with E-state index in [9.17, 15) is 19.2 Å². The molecule has 352 valence electrons. The lowest BCUT2D eigenvalue weighted by Crippen LogP contribution is -2.54. The smallest absolute Gasteiger partial charge is 0.257 e. The van der Waals surface area contributed by atoms with Crippen molar-refractivity contribution in [2.45, 2.75) is 71.0 Å². The van der Waals surface area contributed by atoms with Gasteiger partial charge in [0.1, 0.15) is 17.5 Å². The van der Waals surface area contributed by atoms with Gasteiger partial charge in [0.25, 0.3) is 11.5 Å². The van der Waals surface area contributed by atoms with Crippen LogP contribution in [0.4, 0.5) is 26.0 Å². The zero-order valence-corrected chi connectivity index (χ0v) is 38.8. The number of aromatic nitrogens is 4. The normalized spacial score (nSPS) is 20.5. The number of imide groups is 1. The van der Waals surface area contributed by atoms with Crippen molar-refractivity contribution in [3.05, 3.63) is 112 Å². The van der Waals surface area contributed by atoms with Gasteiger partial charge in [-0.3, -0.25) is 38.9 Å². The van der Waals surface area contributed by atoms with Crippen molar-refractivity contribution in [2.24, 2.45) is 13.0 Å². The average molecular weight is 916 g/mol. The first-order valence-corrected chi connectivity index (χ1v) is 23.4. The first kappa shape index (κ1) is 45.7. The largest absolute Gasteiger partial charge is 0.388 e. The second kappa shape index (κ2) is 19.0. The van der Waals surface area contributed by atoms with Gasteiger partial charge in [-0.15, -0.1) is 0 Å². The molecule has 3 fully saturated rings. The summed E-state index contributed by atoms with van der Waals surface area (Å²) in [7, 11) is 3.78. The number of rotatable bonds is 11. The highest BCUT2D eigenvalue weighted by Gasteiger charge is 2.32. The van der Waals surface area contributed by atoms with Crippen molar-refractivity contribution in [1.29, 1.82) is 0 Å². The maximum absolute atomic E-state index is 16.1. The minimum atomic E-state index is -0.616. The van der Waals surface area contributed by atoms with Gasteiger partial charge in [-0.2, -0.15) is 0 Å². The van der Waals surface area contributed by atoms with Gasteiger partial charge < -0.3 is 25.0 Å². The topological polar surface area (TPSA) is 153 Å². The number of piperidine rings is 2. The van der Waals surface area contributed by atoms with Crippen LogP contribution in [0.25, 0.3) is 22.3 Å². The Labute approximate surface area is 388 Å². The van der Waals surface area contributed by atoms with E-state index in [2.05, 4.69) is 66.3 Å². The quantitative estimate of drug-likeness (QED) is 0.136. The lowest BCUT2D eigenvalue weighted by molar-refractivity contribution is -0.133. The summed E-state index contributed by atoms with van der Waals surface area (Å²) in [6, 6.07) is 11.6. The molecular weight excluding hydrogens is 857 g/mol. The van der Waals surface area contributed by atoms with E-state index in [0.717, 1.165) is 71.7 Å². The fourth-order valence-electron chi connectivity index (χ4n) is 10.5. The molecule has 4 aromatic heterocycles. The molecule has 9 rings (SSSR count). The van der Waals surface area contributed by atoms with Gasteiger partial charge in [-0.05, 0) is 93.8 Å². The molecule has 4 aliphatic rings. The lowest BCUT2D eigenvalue weighted by atomic mass is 9.92. The number of fused-ring (bicyclic) bond motifs is 1. The summed E-state index contributed by atoms with van der Waals surface area (Å²) in [6.07, 6.45) is 10.1. The molecule has 17 heteroatoms. The van der Waals surface area contributed by atoms with Crippen LogP contribution in [0.2, 0.25) is 0 Å². The molecule has 0 bridgehead atoms. The minimum absolute atomic E-state index is 0.0228. The molecule has 1 aromatic carbocycles. The number of piperazine rings is 1. The number of nitrogens with zero attached hydrogens (tertiary/aromatic N) is 8. The van der Waals surface area contributed by atoms with Gasteiger partial charge in [0, 0.05) is 137 Å². The molecule has 5 aromatic rings. The molecule has 0 saturated carbocycles. The fraction of sp³-hybridized carbons (Fsp3) is 0.440. The van der Waals surface area contributed by atoms with E-state index < -0.39 is 17.8 Å². The maximum atomic E-state index is 16.1. The molecule has 3 N–H and O–H groups in total. The standard InChI is InChI=1S/C50H59F2N11O4/c1-30-22-35(23-39(51)46(30)34-11-17-59(18-12-34)32(3)43-26-38-42(8-14-54-47(38)58(43)5)63-19-13-36(53-4)25-45(63)65)50(67)60-15-9-33(10-16-60)29-61-20-21-62(28-31(61)2)48-40(52)24-37(27-55-48)56-41-6-7-44(64)57-49(41)66/h8,11,13-14,19,22-27,31-33,41,53,56H,6-7,9-10,12,15-18,20-21,28-29H2,1-5H3,(H,57,64,66)/t31-,32-,41-/m0/s1. The van der Waals surface area contributed by atoms with Crippen LogP contribution in [-0.4, -0.2) is 123 Å². The van der Waals surface area contributed by atoms with Crippen LogP contribution in [0.5, 0.6) is 0 Å². The van der Waals surface area contributed by atoms with E-state index in [0.29, 0.717) is 68.3 Å². The van der Waals surface area contributed by atoms with Crippen molar-refractivity contribution in [3.63, 3.8) is 0 Å². The number of anilines is 3. The second-order valence-electron chi connectivity index (χ2n) is 18.6. The Morgan fingerprint density at radius 3 is 2.43 bits per heavy atom. The molecule has 0 radical (unpaired) electrons. The first-order chi connectivity index (χ1) is 32.3. The van der Waals surface area contributed by atoms with E-state index >= 15 is 8.78 Å². The molecule has 15 nitrogen and oxygen atoms in total. The number of amides is 3. The number of likely N-dealkylation sites (tertiary alicyclic amines) is 1. The van der Waals surface area contributed by atoms with E-state index in [1.807, 2.05) is 42.0 Å². The number of nitrogens with one attached hydrogen (secondary N) is 3. The van der Waals surface area contributed by atoms with Crippen molar-refractivity contribution in [2.75, 3.05) is 74.9 Å². The predicted octanol–water partition coefficient (Wildman–Crippen LogP) is 5.88. The van der Waals surface area contributed by atoms with Gasteiger partial charge in [-0.1, -0.05) is 6.08 Å². The van der Waals surface area contributed by atoms with Crippen LogP contribution in [0, 0.1) is 24.5 Å². The van der Waals surface area contributed by atoms with E-state index in [4.69, 9.17) is 0 Å². The molecule has 0 spiro atoms. The van der Waals surface area contributed by atoms with Crippen molar-refractivity contribution in [1.82, 2.24) is 39.1 Å². The zero-order valence-electron chi connectivity index (χ0n) is 38.8. The fourth-order valence-corrected chi connectivity index (χ4v) is 10.5. The predicted molar refractivity (Wildman–Crippen MR) is 255 cm³/mol. The van der Waals surface area contributed by atoms with Crippen LogP contribution in [0.15, 0.2) is 71.9 Å². The van der Waals surface area contributed by atoms with Crippen LogP contribution in [0.3, 0.4) is 0 Å². The van der Waals surface area contributed by atoms with E-state index in [1.54, 1.807) is 30.1 Å². The molecular formula is C50H59F2N11O4. The molecule has 0 unspecified atom stereocenters. The molecule has 3 saturated heterocycles. The van der Waals surface area contributed by atoms with Gasteiger partial charge >= 0.3 is 0 Å². The van der Waals surface area contributed by atoms with Crippen molar-refractivity contribution in [3.8, 4) is 5.69 Å². The SMILES string of the molecule is CNc1ccn(-c2ccnc3c2cc([C@H](C)N2CC=C(c4c(C)cc(C(=O)N5CCC(CN6CCN(c7ncc(N[C@H]8CCC(=O)NC8=O)cc7F)C[C@@H]6C)CC5)cc4F)CC2)n3C)c(=O)c1. The monoisotopic (exact) mass is 915 g/mol. The summed E-state index contributed by atoms with van der Waals surface area (Å²) in [5, 5.41) is 9.20. The third kappa shape index (κ3) is 9.31. The number of pyridine rings is 3. The molecule has 3 amide bonds. The highest BCUT2D eigenvalue weighted by Crippen LogP contribution is 2.35. The summed E-state index contributed by atoms with van der Waals surface area (Å²) >= 11 is 0. The Kier molecular flexibility index (Phi) is 13.0. The molecule has 0 aliphatic carbocycles. The second-order valence-corrected chi connectivity index (χ2v) is 18.6. The Bertz CT molecular complexity index is 2790. The van der Waals surface area contributed by atoms with E-state index in [-0.39, 0.29) is 47.5 Å². The third-order valence-electron chi connectivity index (χ3n) is 14.3. The van der Waals surface area contributed by atoms with Gasteiger partial charge in [-0.25, -0.2) is 18.7 Å². The van der Waals surface area contributed by atoms with Gasteiger partial charge in [0.05, 0.1) is 17.6 Å². The molecule has 4 aliphatic heterocycles. The summed E-state index contributed by atoms with van der Waals surface area (Å²) in [5.74, 6) is -1.05. The number of carbonyl (C=O) groups is 3. The third-order valence-corrected chi connectivity index (χ3v) is 14.3. The van der Waals surface area contributed by atoms with Crippen LogP contribution in [-0.2, 0) is 16.6 Å². The molecule has 8 heterocycles. The van der Waals surface area contributed by atoms with Crippen LogP contribution < -0.4 is 26.4 Å². The van der Waals surface area contributed by atoms with Gasteiger partial charge in [0.15, 0.2) is 11.6 Å². The number of benzene rings is 1. The number of carbonyl (C=O) groups excluding carboxylic acids is 3. The first-order valence-electron chi connectivity index (χ1n) is 23.4. The number of halogens is 2. The Balaban J connectivity index is 0.773. The molecule has 3 atom stereocenters. The van der Waals surface area contributed by atoms with Crippen LogP contribution in [0.1, 0.15) is 79.2 Å². The van der Waals surface area contributed by atoms with E-state index in [1.165, 1.54) is 18.3 Å². The Morgan fingerprint density at radius 2 is 1.75 bits per heavy atom. The lowest BCUT2D eigenvalue weighted by Gasteiger charge is -2.43. The Morgan fingerprint density at radius 1 is 0.940 bits per heavy atom. The Hall–Kier alpha value is -6.46. The maximum Gasteiger partial charge on any atom is 0.257 e. The number of aryl methyl sites for hydroxylation is 2.